The van der Waals surface area contributed by atoms with Gasteiger partial charge in [-0.3, -0.25) is 4.79 Å². The number of rotatable bonds is 4. The summed E-state index contributed by atoms with van der Waals surface area (Å²) in [5.74, 6) is 0.0600. The number of fused-ring (bicyclic) bond motifs is 1. The highest BCUT2D eigenvalue weighted by molar-refractivity contribution is 8.00. The van der Waals surface area contributed by atoms with Gasteiger partial charge in [-0.2, -0.15) is 0 Å². The summed E-state index contributed by atoms with van der Waals surface area (Å²) in [5.41, 5.74) is 1.59. The fraction of sp³-hybridized carbons (Fsp3) is 0.385. The van der Waals surface area contributed by atoms with Gasteiger partial charge in [0.15, 0.2) is 5.58 Å². The number of para-hydroxylation sites is 2. The van der Waals surface area contributed by atoms with Crippen LogP contribution in [0.4, 0.5) is 0 Å². The lowest BCUT2D eigenvalue weighted by molar-refractivity contribution is -0.120. The second-order valence-corrected chi connectivity index (χ2v) is 5.78. The Bertz CT molecular complexity index is 544. The predicted molar refractivity (Wildman–Crippen MR) is 70.5 cm³/mol. The number of thioether (sulfide) groups is 1. The van der Waals surface area contributed by atoms with Crippen molar-refractivity contribution in [2.75, 3.05) is 0 Å². The third-order valence-corrected chi connectivity index (χ3v) is 3.79. The largest absolute Gasteiger partial charge is 0.431 e. The van der Waals surface area contributed by atoms with Gasteiger partial charge < -0.3 is 9.73 Å². The lowest BCUT2D eigenvalue weighted by Crippen LogP contribution is -2.32. The Morgan fingerprint density at radius 3 is 3.00 bits per heavy atom. The highest BCUT2D eigenvalue weighted by atomic mass is 32.2. The summed E-state index contributed by atoms with van der Waals surface area (Å²) < 4.78 is 5.58. The number of benzene rings is 1. The van der Waals surface area contributed by atoms with Gasteiger partial charge in [-0.15, -0.1) is 0 Å². The Labute approximate surface area is 109 Å². The number of hydrogen-bond donors (Lipinski definition) is 1. The first-order chi connectivity index (χ1) is 8.72. The first kappa shape index (κ1) is 11.6. The highest BCUT2D eigenvalue weighted by Crippen LogP contribution is 2.27. The van der Waals surface area contributed by atoms with E-state index in [9.17, 15) is 4.79 Å². The Hall–Kier alpha value is -1.49. The molecular formula is C13H14N2O2S. The zero-order valence-corrected chi connectivity index (χ0v) is 10.9. The van der Waals surface area contributed by atoms with E-state index in [0.717, 1.165) is 23.9 Å². The van der Waals surface area contributed by atoms with Gasteiger partial charge in [-0.05, 0) is 31.9 Å². The van der Waals surface area contributed by atoms with Crippen LogP contribution in [-0.2, 0) is 4.79 Å². The molecule has 3 rings (SSSR count). The van der Waals surface area contributed by atoms with Crippen molar-refractivity contribution in [1.82, 2.24) is 10.3 Å². The van der Waals surface area contributed by atoms with E-state index in [4.69, 9.17) is 4.42 Å². The van der Waals surface area contributed by atoms with E-state index < -0.39 is 0 Å². The van der Waals surface area contributed by atoms with Crippen molar-refractivity contribution >= 4 is 28.8 Å². The number of nitrogens with zero attached hydrogens (tertiary/aromatic N) is 1. The molecule has 5 heteroatoms. The van der Waals surface area contributed by atoms with E-state index in [1.807, 2.05) is 31.2 Å². The lowest BCUT2D eigenvalue weighted by Gasteiger charge is -2.08. The maximum atomic E-state index is 11.8. The molecule has 1 aliphatic carbocycles. The molecule has 0 radical (unpaired) electrons. The van der Waals surface area contributed by atoms with Gasteiger partial charge >= 0.3 is 0 Å². The Morgan fingerprint density at radius 1 is 1.50 bits per heavy atom. The SMILES string of the molecule is C[C@@H](Sc1nc2ccccc2o1)C(=O)NC1CC1. The van der Waals surface area contributed by atoms with Crippen LogP contribution in [0.2, 0.25) is 0 Å². The fourth-order valence-electron chi connectivity index (χ4n) is 1.65. The molecule has 1 fully saturated rings. The van der Waals surface area contributed by atoms with Crippen molar-refractivity contribution in [2.24, 2.45) is 0 Å². The maximum Gasteiger partial charge on any atom is 0.257 e. The van der Waals surface area contributed by atoms with Crippen LogP contribution in [0.15, 0.2) is 33.9 Å². The van der Waals surface area contributed by atoms with Crippen molar-refractivity contribution in [1.29, 1.82) is 0 Å². The minimum atomic E-state index is -0.182. The molecule has 1 amide bonds. The normalized spacial score (nSPS) is 16.7. The second kappa shape index (κ2) is 4.65. The highest BCUT2D eigenvalue weighted by Gasteiger charge is 2.26. The quantitative estimate of drug-likeness (QED) is 0.860. The molecule has 0 saturated heterocycles. The van der Waals surface area contributed by atoms with Crippen LogP contribution < -0.4 is 5.32 Å². The number of carbonyl (C=O) groups excluding carboxylic acids is 1. The Kier molecular flexibility index (Phi) is 2.99. The minimum absolute atomic E-state index is 0.0600. The van der Waals surface area contributed by atoms with Crippen LogP contribution in [0.1, 0.15) is 19.8 Å². The van der Waals surface area contributed by atoms with Gasteiger partial charge in [0.05, 0.1) is 5.25 Å². The van der Waals surface area contributed by atoms with Gasteiger partial charge in [0, 0.05) is 6.04 Å². The molecule has 1 aromatic heterocycles. The average Bonchev–Trinajstić information content (AvgIpc) is 3.07. The number of amides is 1. The molecule has 1 N–H and O–H groups in total. The van der Waals surface area contributed by atoms with Gasteiger partial charge in [0.25, 0.3) is 5.22 Å². The number of oxazole rings is 1. The smallest absolute Gasteiger partial charge is 0.257 e. The van der Waals surface area contributed by atoms with Crippen LogP contribution in [0.3, 0.4) is 0 Å². The van der Waals surface area contributed by atoms with E-state index in [1.54, 1.807) is 0 Å². The fourth-order valence-corrected chi connectivity index (χ4v) is 2.42. The molecule has 1 atom stereocenters. The summed E-state index contributed by atoms with van der Waals surface area (Å²) >= 11 is 1.36. The number of nitrogens with one attached hydrogen (secondary N) is 1. The molecule has 0 aliphatic heterocycles. The molecular weight excluding hydrogens is 248 g/mol. The van der Waals surface area contributed by atoms with Crippen LogP contribution >= 0.6 is 11.8 Å². The van der Waals surface area contributed by atoms with Gasteiger partial charge in [0.1, 0.15) is 5.52 Å². The second-order valence-electron chi connectivity index (χ2n) is 4.49. The first-order valence-electron chi connectivity index (χ1n) is 6.05. The third kappa shape index (κ3) is 2.51. The Balaban J connectivity index is 1.68. The minimum Gasteiger partial charge on any atom is -0.431 e. The van der Waals surface area contributed by atoms with Gasteiger partial charge in [-0.25, -0.2) is 4.98 Å². The third-order valence-electron chi connectivity index (χ3n) is 2.84. The number of aromatic nitrogens is 1. The molecule has 94 valence electrons. The number of hydrogen-bond acceptors (Lipinski definition) is 4. The molecule has 0 bridgehead atoms. The van der Waals surface area contributed by atoms with Gasteiger partial charge in [0.2, 0.25) is 5.91 Å². The summed E-state index contributed by atoms with van der Waals surface area (Å²) in [6, 6.07) is 8.00. The zero-order chi connectivity index (χ0) is 12.5. The lowest BCUT2D eigenvalue weighted by atomic mass is 10.3. The van der Waals surface area contributed by atoms with Crippen molar-refractivity contribution in [3.8, 4) is 0 Å². The maximum absolute atomic E-state index is 11.8. The van der Waals surface area contributed by atoms with Gasteiger partial charge in [-0.1, -0.05) is 23.9 Å². The first-order valence-corrected chi connectivity index (χ1v) is 6.93. The summed E-state index contributed by atoms with van der Waals surface area (Å²) in [6.07, 6.45) is 2.21. The monoisotopic (exact) mass is 262 g/mol. The zero-order valence-electron chi connectivity index (χ0n) is 10.1. The summed E-state index contributed by atoms with van der Waals surface area (Å²) in [7, 11) is 0. The standard InChI is InChI=1S/C13H14N2O2S/c1-8(12(16)14-9-6-7-9)18-13-15-10-4-2-3-5-11(10)17-13/h2-5,8-9H,6-7H2,1H3,(H,14,16)/t8-/m1/s1. The molecule has 1 aliphatic rings. The molecule has 1 heterocycles. The molecule has 0 unspecified atom stereocenters. The number of carbonyl (C=O) groups is 1. The molecule has 1 saturated carbocycles. The van der Waals surface area contributed by atoms with Crippen LogP contribution in [0, 0.1) is 0 Å². The topological polar surface area (TPSA) is 55.1 Å². The molecule has 0 spiro atoms. The van der Waals surface area contributed by atoms with Crippen LogP contribution in [0.25, 0.3) is 11.1 Å². The Morgan fingerprint density at radius 2 is 2.28 bits per heavy atom. The van der Waals surface area contributed by atoms with E-state index in [2.05, 4.69) is 10.3 Å². The van der Waals surface area contributed by atoms with Crippen molar-refractivity contribution in [2.45, 2.75) is 36.3 Å². The predicted octanol–water partition coefficient (Wildman–Crippen LogP) is 2.59. The summed E-state index contributed by atoms with van der Waals surface area (Å²) in [6.45, 7) is 1.87. The van der Waals surface area contributed by atoms with E-state index in [-0.39, 0.29) is 11.2 Å². The van der Waals surface area contributed by atoms with Crippen molar-refractivity contribution in [3.63, 3.8) is 0 Å². The van der Waals surface area contributed by atoms with E-state index in [1.165, 1.54) is 11.8 Å². The summed E-state index contributed by atoms with van der Waals surface area (Å²) in [4.78, 5) is 16.2. The van der Waals surface area contributed by atoms with Crippen molar-refractivity contribution in [3.05, 3.63) is 24.3 Å². The molecule has 18 heavy (non-hydrogen) atoms. The molecule has 4 nitrogen and oxygen atoms in total. The van der Waals surface area contributed by atoms with Crippen molar-refractivity contribution < 1.29 is 9.21 Å². The molecule has 2 aromatic rings. The van der Waals surface area contributed by atoms with E-state index in [0.29, 0.717) is 11.3 Å². The average molecular weight is 262 g/mol. The van der Waals surface area contributed by atoms with Crippen LogP contribution in [0.5, 0.6) is 0 Å². The summed E-state index contributed by atoms with van der Waals surface area (Å²) in [5, 5.41) is 3.35. The van der Waals surface area contributed by atoms with E-state index >= 15 is 0 Å². The molecule has 1 aromatic carbocycles. The van der Waals surface area contributed by atoms with Crippen LogP contribution in [-0.4, -0.2) is 22.2 Å².